The summed E-state index contributed by atoms with van der Waals surface area (Å²) in [5, 5.41) is 10.2. The molecule has 0 aromatic carbocycles. The summed E-state index contributed by atoms with van der Waals surface area (Å²) in [7, 11) is 0. The number of halogens is 1. The van der Waals surface area contributed by atoms with Gasteiger partial charge >= 0.3 is 0 Å². The van der Waals surface area contributed by atoms with Crippen LogP contribution in [0.2, 0.25) is 0 Å². The lowest BCUT2D eigenvalue weighted by atomic mass is 10.2. The van der Waals surface area contributed by atoms with Gasteiger partial charge in [0.25, 0.3) is 0 Å². The molecule has 3 nitrogen and oxygen atoms in total. The molecule has 1 aromatic heterocycles. The first-order valence-corrected chi connectivity index (χ1v) is 5.12. The number of alkyl halides is 1. The van der Waals surface area contributed by atoms with Gasteiger partial charge < -0.3 is 5.32 Å². The lowest BCUT2D eigenvalue weighted by Gasteiger charge is -2.10. The second-order valence-corrected chi connectivity index (χ2v) is 4.02. The van der Waals surface area contributed by atoms with Crippen molar-refractivity contribution in [1.82, 2.24) is 15.5 Å². The fraction of sp³-hybridized carbons (Fsp3) is 0.700. The van der Waals surface area contributed by atoms with E-state index in [-0.39, 0.29) is 0 Å². The van der Waals surface area contributed by atoms with Gasteiger partial charge in [0.15, 0.2) is 0 Å². The number of hydrogen-bond donors (Lipinski definition) is 2. The molecule has 78 valence electrons. The third kappa shape index (κ3) is 2.12. The Morgan fingerprint density at radius 3 is 3.07 bits per heavy atom. The average Bonchev–Trinajstić information content (AvgIpc) is 2.72. The van der Waals surface area contributed by atoms with Gasteiger partial charge in [0.1, 0.15) is 6.17 Å². The smallest absolute Gasteiger partial charge is 0.102 e. The Morgan fingerprint density at radius 1 is 1.64 bits per heavy atom. The molecule has 0 saturated heterocycles. The molecule has 1 aliphatic rings. The molecule has 1 aliphatic carbocycles. The van der Waals surface area contributed by atoms with E-state index in [0.717, 1.165) is 24.2 Å². The maximum atomic E-state index is 12.9. The average molecular weight is 197 g/mol. The largest absolute Gasteiger partial charge is 0.308 e. The number of H-pyrrole nitrogens is 1. The lowest BCUT2D eigenvalue weighted by Crippen LogP contribution is -2.26. The molecule has 4 heteroatoms. The van der Waals surface area contributed by atoms with Crippen LogP contribution in [0.5, 0.6) is 0 Å². The van der Waals surface area contributed by atoms with Crippen molar-refractivity contribution in [1.29, 1.82) is 0 Å². The first kappa shape index (κ1) is 9.65. The highest BCUT2D eigenvalue weighted by Gasteiger charge is 2.23. The van der Waals surface area contributed by atoms with E-state index in [0.29, 0.717) is 18.9 Å². The quantitative estimate of drug-likeness (QED) is 0.774. The van der Waals surface area contributed by atoms with Gasteiger partial charge in [-0.3, -0.25) is 5.10 Å². The first-order valence-electron chi connectivity index (χ1n) is 5.12. The molecule has 1 fully saturated rings. The van der Waals surface area contributed by atoms with Crippen molar-refractivity contribution in [3.05, 3.63) is 17.5 Å². The molecule has 0 spiro atoms. The third-order valence-corrected chi connectivity index (χ3v) is 2.87. The molecule has 2 N–H and O–H groups in total. The molecule has 1 saturated carbocycles. The van der Waals surface area contributed by atoms with E-state index in [4.69, 9.17) is 0 Å². The van der Waals surface area contributed by atoms with E-state index in [1.165, 1.54) is 0 Å². The van der Waals surface area contributed by atoms with Crippen LogP contribution in [-0.2, 0) is 6.54 Å². The zero-order valence-electron chi connectivity index (χ0n) is 8.39. The van der Waals surface area contributed by atoms with Crippen LogP contribution in [0.4, 0.5) is 4.39 Å². The molecule has 0 amide bonds. The SMILES string of the molecule is Cc1cn[nH]c1CNC1CCC(F)C1. The molecular formula is C10H16FN3. The van der Waals surface area contributed by atoms with Crippen LogP contribution in [0.25, 0.3) is 0 Å². The summed E-state index contributed by atoms with van der Waals surface area (Å²) in [4.78, 5) is 0. The van der Waals surface area contributed by atoms with Crippen LogP contribution in [-0.4, -0.2) is 22.4 Å². The van der Waals surface area contributed by atoms with Crippen molar-refractivity contribution in [3.8, 4) is 0 Å². The zero-order valence-corrected chi connectivity index (χ0v) is 8.39. The minimum atomic E-state index is -0.602. The fourth-order valence-corrected chi connectivity index (χ4v) is 1.91. The molecule has 2 atom stereocenters. The number of nitrogens with zero attached hydrogens (tertiary/aromatic N) is 1. The van der Waals surface area contributed by atoms with Crippen LogP contribution in [0, 0.1) is 6.92 Å². The van der Waals surface area contributed by atoms with Gasteiger partial charge in [-0.1, -0.05) is 0 Å². The Morgan fingerprint density at radius 2 is 2.50 bits per heavy atom. The molecule has 2 unspecified atom stereocenters. The Balaban J connectivity index is 1.80. The number of aryl methyl sites for hydroxylation is 1. The van der Waals surface area contributed by atoms with Gasteiger partial charge in [0, 0.05) is 12.6 Å². The lowest BCUT2D eigenvalue weighted by molar-refractivity contribution is 0.333. The van der Waals surface area contributed by atoms with Crippen molar-refractivity contribution in [2.45, 2.75) is 44.9 Å². The summed E-state index contributed by atoms with van der Waals surface area (Å²) in [5.41, 5.74) is 2.26. The summed E-state index contributed by atoms with van der Waals surface area (Å²) >= 11 is 0. The number of hydrogen-bond acceptors (Lipinski definition) is 2. The molecule has 0 bridgehead atoms. The fourth-order valence-electron chi connectivity index (χ4n) is 1.91. The summed E-state index contributed by atoms with van der Waals surface area (Å²) in [6.45, 7) is 2.79. The molecule has 2 rings (SSSR count). The van der Waals surface area contributed by atoms with E-state index in [2.05, 4.69) is 15.5 Å². The van der Waals surface area contributed by atoms with E-state index in [9.17, 15) is 4.39 Å². The number of nitrogens with one attached hydrogen (secondary N) is 2. The Hall–Kier alpha value is -0.900. The highest BCUT2D eigenvalue weighted by atomic mass is 19.1. The molecular weight excluding hydrogens is 181 g/mol. The number of aromatic nitrogens is 2. The second kappa shape index (κ2) is 4.09. The Kier molecular flexibility index (Phi) is 2.82. The topological polar surface area (TPSA) is 40.7 Å². The van der Waals surface area contributed by atoms with Crippen LogP contribution in [0.15, 0.2) is 6.20 Å². The standard InChI is InChI=1S/C10H16FN3/c1-7-5-13-14-10(7)6-12-9-3-2-8(11)4-9/h5,8-9,12H,2-4,6H2,1H3,(H,13,14). The maximum Gasteiger partial charge on any atom is 0.102 e. The number of aromatic amines is 1. The minimum Gasteiger partial charge on any atom is -0.308 e. The monoisotopic (exact) mass is 197 g/mol. The van der Waals surface area contributed by atoms with Gasteiger partial charge in [-0.2, -0.15) is 5.10 Å². The van der Waals surface area contributed by atoms with Crippen LogP contribution < -0.4 is 5.32 Å². The van der Waals surface area contributed by atoms with Crippen LogP contribution >= 0.6 is 0 Å². The van der Waals surface area contributed by atoms with Crippen molar-refractivity contribution in [2.75, 3.05) is 0 Å². The van der Waals surface area contributed by atoms with Crippen LogP contribution in [0.1, 0.15) is 30.5 Å². The van der Waals surface area contributed by atoms with E-state index < -0.39 is 6.17 Å². The summed E-state index contributed by atoms with van der Waals surface area (Å²) in [5.74, 6) is 0. The maximum absolute atomic E-state index is 12.9. The second-order valence-electron chi connectivity index (χ2n) is 4.02. The Labute approximate surface area is 83.1 Å². The van der Waals surface area contributed by atoms with Crippen molar-refractivity contribution >= 4 is 0 Å². The molecule has 1 aromatic rings. The normalized spacial score (nSPS) is 27.0. The van der Waals surface area contributed by atoms with Crippen molar-refractivity contribution < 1.29 is 4.39 Å². The van der Waals surface area contributed by atoms with Crippen molar-refractivity contribution in [2.24, 2.45) is 0 Å². The first-order chi connectivity index (χ1) is 6.75. The molecule has 0 aliphatic heterocycles. The predicted molar refractivity (Wildman–Crippen MR) is 52.7 cm³/mol. The minimum absolute atomic E-state index is 0.340. The van der Waals surface area contributed by atoms with Crippen molar-refractivity contribution in [3.63, 3.8) is 0 Å². The van der Waals surface area contributed by atoms with Gasteiger partial charge in [-0.05, 0) is 31.7 Å². The van der Waals surface area contributed by atoms with E-state index in [1.54, 1.807) is 0 Å². The summed E-state index contributed by atoms with van der Waals surface area (Å²) in [6, 6.07) is 0.340. The van der Waals surface area contributed by atoms with Gasteiger partial charge in [-0.25, -0.2) is 4.39 Å². The van der Waals surface area contributed by atoms with Gasteiger partial charge in [-0.15, -0.1) is 0 Å². The Bertz CT molecular complexity index is 297. The molecule has 1 heterocycles. The zero-order chi connectivity index (χ0) is 9.97. The predicted octanol–water partition coefficient (Wildman–Crippen LogP) is 1.70. The molecule has 14 heavy (non-hydrogen) atoms. The molecule has 0 radical (unpaired) electrons. The highest BCUT2D eigenvalue weighted by Crippen LogP contribution is 2.22. The van der Waals surface area contributed by atoms with Gasteiger partial charge in [0.2, 0.25) is 0 Å². The van der Waals surface area contributed by atoms with E-state index in [1.807, 2.05) is 13.1 Å². The third-order valence-electron chi connectivity index (χ3n) is 2.87. The summed E-state index contributed by atoms with van der Waals surface area (Å²) < 4.78 is 12.9. The van der Waals surface area contributed by atoms with E-state index >= 15 is 0 Å². The number of rotatable bonds is 3. The van der Waals surface area contributed by atoms with Crippen LogP contribution in [0.3, 0.4) is 0 Å². The van der Waals surface area contributed by atoms with Gasteiger partial charge in [0.05, 0.1) is 11.9 Å². The summed E-state index contributed by atoms with van der Waals surface area (Å²) in [6.07, 6.45) is 3.53. The highest BCUT2D eigenvalue weighted by molar-refractivity contribution is 5.13.